The summed E-state index contributed by atoms with van der Waals surface area (Å²) in [5.74, 6) is -0.0831. The summed E-state index contributed by atoms with van der Waals surface area (Å²) in [5, 5.41) is 7.79. The maximum atomic E-state index is 12.4. The van der Waals surface area contributed by atoms with E-state index in [4.69, 9.17) is 11.6 Å². The third kappa shape index (κ3) is 2.97. The van der Waals surface area contributed by atoms with Crippen LogP contribution in [0, 0.1) is 6.92 Å². The Hall–Kier alpha value is -2.38. The van der Waals surface area contributed by atoms with E-state index in [0.29, 0.717) is 10.7 Å². The minimum atomic E-state index is -0.335. The molecule has 0 radical (unpaired) electrons. The lowest BCUT2D eigenvalue weighted by Gasteiger charge is -2.23. The summed E-state index contributed by atoms with van der Waals surface area (Å²) >= 11 is 7.91. The molecule has 1 aromatic carbocycles. The van der Waals surface area contributed by atoms with Crippen molar-refractivity contribution in [3.8, 4) is 11.3 Å². The van der Waals surface area contributed by atoms with Crippen molar-refractivity contribution < 1.29 is 4.79 Å². The highest BCUT2D eigenvalue weighted by atomic mass is 35.5. The number of nitrogens with one attached hydrogen (secondary N) is 1. The predicted octanol–water partition coefficient (Wildman–Crippen LogP) is 4.26. The normalized spacial score (nSPS) is 15.3. The number of nitrogens with zero attached hydrogens (tertiary/aromatic N) is 4. The molecule has 2 aromatic heterocycles. The molecule has 3 aromatic rings. The van der Waals surface area contributed by atoms with Gasteiger partial charge in [-0.3, -0.25) is 14.8 Å². The van der Waals surface area contributed by atoms with Gasteiger partial charge < -0.3 is 0 Å². The molecule has 1 N–H and O–H groups in total. The number of fused-ring (bicyclic) bond motifs is 3. The van der Waals surface area contributed by atoms with E-state index in [1.165, 1.54) is 0 Å². The molecule has 0 aliphatic carbocycles. The van der Waals surface area contributed by atoms with E-state index in [1.807, 2.05) is 25.1 Å². The van der Waals surface area contributed by atoms with E-state index in [9.17, 15) is 4.79 Å². The highest BCUT2D eigenvalue weighted by Crippen LogP contribution is 2.48. The Kier molecular flexibility index (Phi) is 4.20. The number of hydrogen-bond acceptors (Lipinski definition) is 5. The summed E-state index contributed by atoms with van der Waals surface area (Å²) in [6.07, 6.45) is 1.77. The fourth-order valence-corrected chi connectivity index (χ4v) is 4.13. The summed E-state index contributed by atoms with van der Waals surface area (Å²) in [7, 11) is 1.79. The van der Waals surface area contributed by atoms with Crippen molar-refractivity contribution in [2.45, 2.75) is 24.0 Å². The van der Waals surface area contributed by atoms with E-state index >= 15 is 0 Å². The molecule has 132 valence electrons. The highest BCUT2D eigenvalue weighted by molar-refractivity contribution is 7.99. The number of benzene rings is 1. The van der Waals surface area contributed by atoms with Crippen molar-refractivity contribution in [3.05, 3.63) is 52.4 Å². The molecule has 1 atom stereocenters. The van der Waals surface area contributed by atoms with Gasteiger partial charge in [0.05, 0.1) is 5.69 Å². The van der Waals surface area contributed by atoms with E-state index < -0.39 is 0 Å². The minimum absolute atomic E-state index is 0.224. The molecule has 26 heavy (non-hydrogen) atoms. The van der Waals surface area contributed by atoms with Crippen LogP contribution in [0.1, 0.15) is 33.9 Å². The van der Waals surface area contributed by atoms with Crippen LogP contribution in [-0.2, 0) is 7.05 Å². The van der Waals surface area contributed by atoms with Gasteiger partial charge >= 0.3 is 0 Å². The zero-order chi connectivity index (χ0) is 18.4. The second-order valence-electron chi connectivity index (χ2n) is 6.15. The highest BCUT2D eigenvalue weighted by Gasteiger charge is 2.25. The Balaban J connectivity index is 1.70. The van der Waals surface area contributed by atoms with Gasteiger partial charge in [-0.25, -0.2) is 9.97 Å². The van der Waals surface area contributed by atoms with Gasteiger partial charge in [0.1, 0.15) is 0 Å². The smallest absolute Gasteiger partial charge is 0.278 e. The quantitative estimate of drug-likeness (QED) is 0.713. The van der Waals surface area contributed by atoms with Crippen molar-refractivity contribution in [3.63, 3.8) is 0 Å². The van der Waals surface area contributed by atoms with Crippen LogP contribution in [0.15, 0.2) is 35.4 Å². The Bertz CT molecular complexity index is 1010. The van der Waals surface area contributed by atoms with Crippen molar-refractivity contribution in [2.75, 3.05) is 5.32 Å². The molecule has 8 heteroatoms. The zero-order valence-electron chi connectivity index (χ0n) is 14.4. The lowest BCUT2D eigenvalue weighted by Crippen LogP contribution is -2.16. The zero-order valence-corrected chi connectivity index (χ0v) is 16.0. The summed E-state index contributed by atoms with van der Waals surface area (Å²) in [4.78, 5) is 22.4. The number of amides is 1. The van der Waals surface area contributed by atoms with Crippen LogP contribution < -0.4 is 5.32 Å². The number of halogens is 1. The first-order valence-electron chi connectivity index (χ1n) is 8.08. The molecule has 4 rings (SSSR count). The minimum Gasteiger partial charge on any atom is -0.289 e. The van der Waals surface area contributed by atoms with Crippen LogP contribution in [0.3, 0.4) is 0 Å². The molecule has 1 aliphatic rings. The number of aryl methyl sites for hydroxylation is 2. The molecule has 0 saturated heterocycles. The maximum Gasteiger partial charge on any atom is 0.278 e. The average Bonchev–Trinajstić information content (AvgIpc) is 2.95. The number of anilines is 1. The molecule has 1 amide bonds. The second-order valence-corrected chi connectivity index (χ2v) is 7.97. The van der Waals surface area contributed by atoms with Gasteiger partial charge in [0.15, 0.2) is 5.69 Å². The molecule has 1 unspecified atom stereocenters. The summed E-state index contributed by atoms with van der Waals surface area (Å²) in [6.45, 7) is 4.00. The summed E-state index contributed by atoms with van der Waals surface area (Å²) in [6, 6.07) is 7.49. The number of hydrogen-bond donors (Lipinski definition) is 1. The van der Waals surface area contributed by atoms with E-state index in [-0.39, 0.29) is 17.1 Å². The monoisotopic (exact) mass is 385 g/mol. The molecule has 0 saturated carbocycles. The number of carbonyl (C=O) groups is 1. The number of aromatic nitrogens is 4. The van der Waals surface area contributed by atoms with E-state index in [1.54, 1.807) is 35.8 Å². The van der Waals surface area contributed by atoms with Crippen LogP contribution >= 0.6 is 23.4 Å². The first kappa shape index (κ1) is 17.1. The standard InChI is InChI=1S/C18H16ClN5OS/c1-9-6-14(23-24(9)3)17(25)22-18-20-8-13-10(2)26-15-5-4-11(19)7-12(15)16(13)21-18/h4-8,10H,1-3H3,(H,20,21,22,25). The molecular weight excluding hydrogens is 370 g/mol. The van der Waals surface area contributed by atoms with Crippen LogP contribution in [0.2, 0.25) is 5.02 Å². The van der Waals surface area contributed by atoms with Crippen LogP contribution in [0.25, 0.3) is 11.3 Å². The van der Waals surface area contributed by atoms with Gasteiger partial charge in [-0.2, -0.15) is 5.10 Å². The molecule has 0 spiro atoms. The molecule has 3 heterocycles. The second kappa shape index (κ2) is 6.41. The van der Waals surface area contributed by atoms with Gasteiger partial charge in [-0.1, -0.05) is 11.6 Å². The summed E-state index contributed by atoms with van der Waals surface area (Å²) in [5.41, 5.74) is 4.02. The topological polar surface area (TPSA) is 72.7 Å². The molecule has 6 nitrogen and oxygen atoms in total. The summed E-state index contributed by atoms with van der Waals surface area (Å²) < 4.78 is 1.65. The average molecular weight is 386 g/mol. The van der Waals surface area contributed by atoms with Gasteiger partial charge in [-0.05, 0) is 38.1 Å². The third-order valence-electron chi connectivity index (χ3n) is 4.33. The maximum absolute atomic E-state index is 12.4. The van der Waals surface area contributed by atoms with Crippen molar-refractivity contribution in [1.82, 2.24) is 19.7 Å². The van der Waals surface area contributed by atoms with Crippen LogP contribution in [0.5, 0.6) is 0 Å². The first-order valence-corrected chi connectivity index (χ1v) is 9.33. The predicted molar refractivity (Wildman–Crippen MR) is 103 cm³/mol. The molecular formula is C18H16ClN5OS. The van der Waals surface area contributed by atoms with Gasteiger partial charge in [0.25, 0.3) is 5.91 Å². The van der Waals surface area contributed by atoms with E-state index in [2.05, 4.69) is 27.3 Å². The lowest BCUT2D eigenvalue weighted by molar-refractivity contribution is 0.102. The Morgan fingerprint density at radius 1 is 1.35 bits per heavy atom. The third-order valence-corrected chi connectivity index (χ3v) is 5.78. The SMILES string of the molecule is Cc1cc(C(=O)Nc2ncc3c(n2)-c2cc(Cl)ccc2SC3C)nn1C. The fraction of sp³-hybridized carbons (Fsp3) is 0.222. The molecule has 0 bridgehead atoms. The number of thioether (sulfide) groups is 1. The lowest BCUT2D eigenvalue weighted by atomic mass is 10.0. The van der Waals surface area contributed by atoms with Crippen molar-refractivity contribution in [1.29, 1.82) is 0 Å². The van der Waals surface area contributed by atoms with Crippen LogP contribution in [0.4, 0.5) is 5.95 Å². The van der Waals surface area contributed by atoms with Crippen molar-refractivity contribution in [2.24, 2.45) is 7.05 Å². The fourth-order valence-electron chi connectivity index (χ4n) is 2.85. The molecule has 1 aliphatic heterocycles. The van der Waals surface area contributed by atoms with Crippen LogP contribution in [-0.4, -0.2) is 25.7 Å². The first-order chi connectivity index (χ1) is 12.4. The van der Waals surface area contributed by atoms with Gasteiger partial charge in [-0.15, -0.1) is 11.8 Å². The van der Waals surface area contributed by atoms with Crippen molar-refractivity contribution >= 4 is 35.2 Å². The Morgan fingerprint density at radius 2 is 2.15 bits per heavy atom. The number of carbonyl (C=O) groups excluding carboxylic acids is 1. The molecule has 0 fully saturated rings. The Morgan fingerprint density at radius 3 is 2.88 bits per heavy atom. The largest absolute Gasteiger partial charge is 0.289 e. The van der Waals surface area contributed by atoms with Gasteiger partial charge in [0.2, 0.25) is 5.95 Å². The van der Waals surface area contributed by atoms with Gasteiger partial charge in [0, 0.05) is 45.2 Å². The Labute approximate surface area is 160 Å². The number of rotatable bonds is 2. The van der Waals surface area contributed by atoms with E-state index in [0.717, 1.165) is 27.4 Å².